The number of phenolic OH excluding ortho intramolecular Hbond substituents is 1. The summed E-state index contributed by atoms with van der Waals surface area (Å²) in [4.78, 5) is 12.0. The lowest BCUT2D eigenvalue weighted by Gasteiger charge is -2.08. The number of hydrogen-bond acceptors (Lipinski definition) is 3. The normalized spacial score (nSPS) is 9.95. The van der Waals surface area contributed by atoms with E-state index in [1.165, 1.54) is 12.1 Å². The Morgan fingerprint density at radius 3 is 2.74 bits per heavy atom. The number of phenols is 1. The molecular formula is C15H15NO3. The van der Waals surface area contributed by atoms with Crippen LogP contribution in [0.2, 0.25) is 0 Å². The predicted octanol–water partition coefficient (Wildman–Crippen LogP) is 3.04. The number of amides is 1. The molecule has 0 aliphatic carbocycles. The van der Waals surface area contributed by atoms with Gasteiger partial charge in [-0.1, -0.05) is 12.1 Å². The highest BCUT2D eigenvalue weighted by atomic mass is 16.5. The van der Waals surface area contributed by atoms with Crippen LogP contribution in [0.3, 0.4) is 0 Å². The van der Waals surface area contributed by atoms with Gasteiger partial charge in [0.05, 0.1) is 6.61 Å². The van der Waals surface area contributed by atoms with Gasteiger partial charge in [-0.15, -0.1) is 0 Å². The molecule has 2 rings (SSSR count). The number of anilines is 1. The van der Waals surface area contributed by atoms with Gasteiger partial charge in [0.25, 0.3) is 5.91 Å². The van der Waals surface area contributed by atoms with Crippen LogP contribution in [0, 0.1) is 0 Å². The molecule has 0 bridgehead atoms. The minimum atomic E-state index is -0.274. The molecule has 19 heavy (non-hydrogen) atoms. The summed E-state index contributed by atoms with van der Waals surface area (Å²) in [5.74, 6) is 0.497. The first-order chi connectivity index (χ1) is 9.19. The molecule has 0 saturated heterocycles. The molecule has 0 aromatic heterocycles. The number of hydrogen-bond donors (Lipinski definition) is 2. The van der Waals surface area contributed by atoms with Crippen LogP contribution in [0.25, 0.3) is 0 Å². The molecule has 98 valence electrons. The van der Waals surface area contributed by atoms with Crippen molar-refractivity contribution < 1.29 is 14.6 Å². The number of rotatable bonds is 4. The summed E-state index contributed by atoms with van der Waals surface area (Å²) in [5.41, 5.74) is 1.06. The van der Waals surface area contributed by atoms with E-state index in [2.05, 4.69) is 5.32 Å². The third-order valence-electron chi connectivity index (χ3n) is 2.51. The van der Waals surface area contributed by atoms with Crippen molar-refractivity contribution in [3.05, 3.63) is 54.1 Å². The molecule has 0 heterocycles. The van der Waals surface area contributed by atoms with E-state index < -0.39 is 0 Å². The van der Waals surface area contributed by atoms with E-state index in [0.29, 0.717) is 23.6 Å². The van der Waals surface area contributed by atoms with E-state index in [4.69, 9.17) is 4.74 Å². The zero-order chi connectivity index (χ0) is 13.7. The summed E-state index contributed by atoms with van der Waals surface area (Å²) in [6.45, 7) is 2.47. The fourth-order valence-electron chi connectivity index (χ4n) is 1.68. The fraction of sp³-hybridized carbons (Fsp3) is 0.133. The second-order valence-electron chi connectivity index (χ2n) is 3.97. The zero-order valence-electron chi connectivity index (χ0n) is 10.6. The lowest BCUT2D eigenvalue weighted by Crippen LogP contribution is -2.11. The second-order valence-corrected chi connectivity index (χ2v) is 3.97. The minimum absolute atomic E-state index is 0.0655. The van der Waals surface area contributed by atoms with Gasteiger partial charge in [0.1, 0.15) is 11.5 Å². The van der Waals surface area contributed by atoms with Crippen molar-refractivity contribution in [2.45, 2.75) is 6.92 Å². The number of carbonyl (C=O) groups excluding carboxylic acids is 1. The van der Waals surface area contributed by atoms with Crippen LogP contribution in [0.1, 0.15) is 17.3 Å². The van der Waals surface area contributed by atoms with Crippen LogP contribution in [-0.4, -0.2) is 17.6 Å². The molecule has 4 nitrogen and oxygen atoms in total. The van der Waals surface area contributed by atoms with E-state index in [1.807, 2.05) is 19.1 Å². The highest BCUT2D eigenvalue weighted by Crippen LogP contribution is 2.19. The predicted molar refractivity (Wildman–Crippen MR) is 73.7 cm³/mol. The van der Waals surface area contributed by atoms with Crippen LogP contribution in [0.15, 0.2) is 48.5 Å². The lowest BCUT2D eigenvalue weighted by molar-refractivity contribution is 0.102. The first kappa shape index (κ1) is 13.0. The third kappa shape index (κ3) is 3.48. The fourth-order valence-corrected chi connectivity index (χ4v) is 1.68. The second kappa shape index (κ2) is 5.91. The van der Waals surface area contributed by atoms with Crippen molar-refractivity contribution in [1.29, 1.82) is 0 Å². The number of carbonyl (C=O) groups is 1. The molecule has 0 aliphatic heterocycles. The van der Waals surface area contributed by atoms with Gasteiger partial charge < -0.3 is 15.2 Å². The Morgan fingerprint density at radius 1 is 1.21 bits per heavy atom. The van der Waals surface area contributed by atoms with Crippen LogP contribution in [0.5, 0.6) is 11.5 Å². The maximum absolute atomic E-state index is 12.0. The van der Waals surface area contributed by atoms with Gasteiger partial charge in [-0.3, -0.25) is 4.79 Å². The summed E-state index contributed by atoms with van der Waals surface area (Å²) in [7, 11) is 0. The van der Waals surface area contributed by atoms with E-state index in [1.54, 1.807) is 24.3 Å². The molecule has 2 aromatic carbocycles. The summed E-state index contributed by atoms with van der Waals surface area (Å²) in [6, 6.07) is 13.4. The Bertz CT molecular complexity index is 581. The molecule has 0 unspecified atom stereocenters. The molecule has 1 amide bonds. The quantitative estimate of drug-likeness (QED) is 0.885. The van der Waals surface area contributed by atoms with Gasteiger partial charge in [-0.25, -0.2) is 0 Å². The summed E-state index contributed by atoms with van der Waals surface area (Å²) >= 11 is 0. The number of ether oxygens (including phenoxy) is 1. The molecular weight excluding hydrogens is 242 g/mol. The lowest BCUT2D eigenvalue weighted by atomic mass is 10.2. The molecule has 0 saturated carbocycles. The number of aromatic hydroxyl groups is 1. The SMILES string of the molecule is CCOc1cccc(NC(=O)c2cccc(O)c2)c1. The van der Waals surface area contributed by atoms with E-state index in [0.717, 1.165) is 0 Å². The van der Waals surface area contributed by atoms with Crippen molar-refractivity contribution in [3.8, 4) is 11.5 Å². The van der Waals surface area contributed by atoms with E-state index >= 15 is 0 Å². The van der Waals surface area contributed by atoms with Crippen molar-refractivity contribution in [3.63, 3.8) is 0 Å². The monoisotopic (exact) mass is 257 g/mol. The molecule has 4 heteroatoms. The van der Waals surface area contributed by atoms with Crippen LogP contribution in [0.4, 0.5) is 5.69 Å². The topological polar surface area (TPSA) is 58.6 Å². The van der Waals surface area contributed by atoms with Gasteiger partial charge in [-0.2, -0.15) is 0 Å². The van der Waals surface area contributed by atoms with Gasteiger partial charge in [0, 0.05) is 17.3 Å². The van der Waals surface area contributed by atoms with Crippen LogP contribution < -0.4 is 10.1 Å². The van der Waals surface area contributed by atoms with E-state index in [9.17, 15) is 9.90 Å². The van der Waals surface area contributed by atoms with Crippen LogP contribution in [-0.2, 0) is 0 Å². The first-order valence-corrected chi connectivity index (χ1v) is 6.02. The molecule has 2 aromatic rings. The highest BCUT2D eigenvalue weighted by Gasteiger charge is 2.07. The van der Waals surface area contributed by atoms with E-state index in [-0.39, 0.29) is 11.7 Å². The minimum Gasteiger partial charge on any atom is -0.508 e. The maximum atomic E-state index is 12.0. The molecule has 0 aliphatic rings. The van der Waals surface area contributed by atoms with Crippen LogP contribution >= 0.6 is 0 Å². The van der Waals surface area contributed by atoms with Crippen molar-refractivity contribution in [2.75, 3.05) is 11.9 Å². The van der Waals surface area contributed by atoms with Crippen molar-refractivity contribution in [2.24, 2.45) is 0 Å². The maximum Gasteiger partial charge on any atom is 0.255 e. The number of benzene rings is 2. The molecule has 2 N–H and O–H groups in total. The number of nitrogens with one attached hydrogen (secondary N) is 1. The first-order valence-electron chi connectivity index (χ1n) is 6.02. The van der Waals surface area contributed by atoms with Gasteiger partial charge in [0.2, 0.25) is 0 Å². The highest BCUT2D eigenvalue weighted by molar-refractivity contribution is 6.04. The van der Waals surface area contributed by atoms with Gasteiger partial charge in [-0.05, 0) is 37.3 Å². The summed E-state index contributed by atoms with van der Waals surface area (Å²) < 4.78 is 5.36. The van der Waals surface area contributed by atoms with Gasteiger partial charge in [0.15, 0.2) is 0 Å². The Labute approximate surface area is 111 Å². The smallest absolute Gasteiger partial charge is 0.255 e. The zero-order valence-corrected chi connectivity index (χ0v) is 10.6. The molecule has 0 radical (unpaired) electrons. The largest absolute Gasteiger partial charge is 0.508 e. The standard InChI is InChI=1S/C15H15NO3/c1-2-19-14-8-4-6-12(10-14)16-15(18)11-5-3-7-13(17)9-11/h3-10,17H,2H2,1H3,(H,16,18). The summed E-state index contributed by atoms with van der Waals surface area (Å²) in [6.07, 6.45) is 0. The average Bonchev–Trinajstić information content (AvgIpc) is 2.39. The van der Waals surface area contributed by atoms with Gasteiger partial charge >= 0.3 is 0 Å². The Hall–Kier alpha value is -2.49. The average molecular weight is 257 g/mol. The third-order valence-corrected chi connectivity index (χ3v) is 2.51. The Morgan fingerprint density at radius 2 is 2.00 bits per heavy atom. The Kier molecular flexibility index (Phi) is 4.03. The molecule has 0 atom stereocenters. The van der Waals surface area contributed by atoms with Crippen molar-refractivity contribution >= 4 is 11.6 Å². The summed E-state index contributed by atoms with van der Waals surface area (Å²) in [5, 5.41) is 12.1. The molecule has 0 fully saturated rings. The van der Waals surface area contributed by atoms with Crippen molar-refractivity contribution in [1.82, 2.24) is 0 Å². The Balaban J connectivity index is 2.12. The molecule has 0 spiro atoms.